The molecule has 2 heterocycles. The van der Waals surface area contributed by atoms with E-state index >= 15 is 0 Å². The Hall–Kier alpha value is -3.04. The third kappa shape index (κ3) is 5.84. The average molecular weight is 512 g/mol. The molecule has 190 valence electrons. The van der Waals surface area contributed by atoms with Gasteiger partial charge in [-0.25, -0.2) is 17.8 Å². The number of aromatic nitrogens is 2. The van der Waals surface area contributed by atoms with Crippen LogP contribution in [0, 0.1) is 11.7 Å². The lowest BCUT2D eigenvalue weighted by Gasteiger charge is -2.24. The first-order valence-corrected chi connectivity index (χ1v) is 14.0. The van der Waals surface area contributed by atoms with Crippen molar-refractivity contribution in [1.82, 2.24) is 14.5 Å². The topological polar surface area (TPSA) is 81.5 Å². The number of ether oxygens (including phenoxy) is 1. The van der Waals surface area contributed by atoms with Crippen LogP contribution in [0.4, 0.5) is 4.39 Å². The maximum absolute atomic E-state index is 13.4. The summed E-state index contributed by atoms with van der Waals surface area (Å²) in [5, 5.41) is -0.0455. The van der Waals surface area contributed by atoms with Gasteiger partial charge in [0.15, 0.2) is 0 Å². The fourth-order valence-electron chi connectivity index (χ4n) is 4.61. The number of carbonyl (C=O) groups is 1. The molecule has 1 aliphatic carbocycles. The summed E-state index contributed by atoms with van der Waals surface area (Å²) in [6.45, 7) is 1.88. The highest BCUT2D eigenvalue weighted by Gasteiger charge is 2.31. The largest absolute Gasteiger partial charge is 0.376 e. The molecule has 1 saturated carbocycles. The van der Waals surface area contributed by atoms with Crippen LogP contribution in [-0.2, 0) is 33.4 Å². The van der Waals surface area contributed by atoms with E-state index in [1.54, 1.807) is 27.8 Å². The van der Waals surface area contributed by atoms with Gasteiger partial charge in [0, 0.05) is 18.7 Å². The van der Waals surface area contributed by atoms with Crippen molar-refractivity contribution in [2.45, 2.75) is 55.8 Å². The first-order chi connectivity index (χ1) is 17.4. The molecule has 2 aliphatic rings. The monoisotopic (exact) mass is 511 g/mol. The highest BCUT2D eigenvalue weighted by Crippen LogP contribution is 2.31. The fraction of sp³-hybridized carbons (Fsp3) is 0.407. The number of imidazole rings is 1. The second-order valence-electron chi connectivity index (χ2n) is 9.66. The van der Waals surface area contributed by atoms with Gasteiger partial charge in [0.1, 0.15) is 5.82 Å². The molecule has 1 aliphatic heterocycles. The SMILES string of the molecule is O=C(c1ccccc1)N(Cc1cnc(S(=O)(=O)Cc2ccc(F)cc2)n1C[C@@H]1CCCO1)CC1CC1. The second-order valence-corrected chi connectivity index (χ2v) is 11.5. The summed E-state index contributed by atoms with van der Waals surface area (Å²) in [5.74, 6) is -0.321. The smallest absolute Gasteiger partial charge is 0.254 e. The van der Waals surface area contributed by atoms with Crippen LogP contribution < -0.4 is 0 Å². The summed E-state index contributed by atoms with van der Waals surface area (Å²) in [6.07, 6.45) is 5.39. The molecular weight excluding hydrogens is 481 g/mol. The number of halogens is 1. The van der Waals surface area contributed by atoms with E-state index in [9.17, 15) is 17.6 Å². The zero-order chi connectivity index (χ0) is 25.1. The number of sulfone groups is 1. The minimum Gasteiger partial charge on any atom is -0.376 e. The Labute approximate surface area is 210 Å². The molecule has 1 atom stereocenters. The van der Waals surface area contributed by atoms with Crippen molar-refractivity contribution in [2.24, 2.45) is 5.92 Å². The third-order valence-electron chi connectivity index (χ3n) is 6.70. The van der Waals surface area contributed by atoms with Crippen molar-refractivity contribution in [3.05, 3.63) is 83.4 Å². The highest BCUT2D eigenvalue weighted by atomic mass is 32.2. The van der Waals surface area contributed by atoms with Crippen LogP contribution >= 0.6 is 0 Å². The molecule has 9 heteroatoms. The zero-order valence-electron chi connectivity index (χ0n) is 20.1. The minimum atomic E-state index is -3.83. The maximum atomic E-state index is 13.4. The number of nitrogens with zero attached hydrogens (tertiary/aromatic N) is 3. The van der Waals surface area contributed by atoms with Crippen LogP contribution in [-0.4, -0.2) is 48.0 Å². The molecule has 1 amide bonds. The van der Waals surface area contributed by atoms with E-state index in [0.29, 0.717) is 42.4 Å². The van der Waals surface area contributed by atoms with Crippen molar-refractivity contribution < 1.29 is 22.3 Å². The molecule has 5 rings (SSSR count). The van der Waals surface area contributed by atoms with E-state index < -0.39 is 15.7 Å². The van der Waals surface area contributed by atoms with Gasteiger partial charge in [-0.2, -0.15) is 0 Å². The van der Waals surface area contributed by atoms with Gasteiger partial charge in [-0.05, 0) is 61.4 Å². The van der Waals surface area contributed by atoms with E-state index in [-0.39, 0.29) is 29.5 Å². The lowest BCUT2D eigenvalue weighted by molar-refractivity contribution is 0.0723. The van der Waals surface area contributed by atoms with Gasteiger partial charge in [0.25, 0.3) is 5.91 Å². The van der Waals surface area contributed by atoms with Crippen LogP contribution in [0.15, 0.2) is 66.0 Å². The van der Waals surface area contributed by atoms with E-state index in [2.05, 4.69) is 4.98 Å². The van der Waals surface area contributed by atoms with E-state index in [4.69, 9.17) is 4.74 Å². The summed E-state index contributed by atoms with van der Waals surface area (Å²) < 4.78 is 47.7. The highest BCUT2D eigenvalue weighted by molar-refractivity contribution is 7.90. The molecule has 2 fully saturated rings. The van der Waals surface area contributed by atoms with Crippen molar-refractivity contribution in [1.29, 1.82) is 0 Å². The molecule has 7 nitrogen and oxygen atoms in total. The summed E-state index contributed by atoms with van der Waals surface area (Å²) in [5.41, 5.74) is 1.75. The Morgan fingerprint density at radius 3 is 2.50 bits per heavy atom. The standard InChI is InChI=1S/C27H30FN3O4S/c28-23-12-10-21(11-13-23)19-36(33,34)27-29-15-24(31(27)18-25-7-4-14-35-25)17-30(16-20-8-9-20)26(32)22-5-2-1-3-6-22/h1-3,5-6,10-13,15,20,25H,4,7-9,14,16-19H2/t25-/m0/s1. The lowest BCUT2D eigenvalue weighted by Crippen LogP contribution is -2.34. The normalized spacial score (nSPS) is 17.9. The summed E-state index contributed by atoms with van der Waals surface area (Å²) in [4.78, 5) is 19.5. The molecule has 1 aromatic heterocycles. The van der Waals surface area contributed by atoms with Crippen LogP contribution in [0.25, 0.3) is 0 Å². The summed E-state index contributed by atoms with van der Waals surface area (Å²) in [7, 11) is -3.83. The predicted octanol–water partition coefficient (Wildman–Crippen LogP) is 4.23. The van der Waals surface area contributed by atoms with Crippen molar-refractivity contribution in [3.8, 4) is 0 Å². The molecule has 0 spiro atoms. The summed E-state index contributed by atoms with van der Waals surface area (Å²) in [6, 6.07) is 14.6. The van der Waals surface area contributed by atoms with Crippen molar-refractivity contribution >= 4 is 15.7 Å². The zero-order valence-corrected chi connectivity index (χ0v) is 20.9. The number of rotatable bonds is 10. The Bertz CT molecular complexity index is 1300. The number of amides is 1. The van der Waals surface area contributed by atoms with Gasteiger partial charge in [-0.1, -0.05) is 30.3 Å². The quantitative estimate of drug-likeness (QED) is 0.407. The van der Waals surface area contributed by atoms with Crippen LogP contribution in [0.1, 0.15) is 47.3 Å². The number of hydrogen-bond acceptors (Lipinski definition) is 5. The Morgan fingerprint density at radius 1 is 1.08 bits per heavy atom. The van der Waals surface area contributed by atoms with Gasteiger partial charge in [-0.15, -0.1) is 0 Å². The fourth-order valence-corrected chi connectivity index (χ4v) is 6.11. The van der Waals surface area contributed by atoms with Gasteiger partial charge in [0.2, 0.25) is 15.0 Å². The van der Waals surface area contributed by atoms with Gasteiger partial charge < -0.3 is 14.2 Å². The minimum absolute atomic E-state index is 0.0455. The molecule has 0 bridgehead atoms. The Balaban J connectivity index is 1.45. The number of benzene rings is 2. The second kappa shape index (κ2) is 10.5. The van der Waals surface area contributed by atoms with Crippen LogP contribution in [0.3, 0.4) is 0 Å². The molecule has 0 N–H and O–H groups in total. The number of hydrogen-bond donors (Lipinski definition) is 0. The molecular formula is C27H30FN3O4S. The van der Waals surface area contributed by atoms with Crippen LogP contribution in [0.5, 0.6) is 0 Å². The summed E-state index contributed by atoms with van der Waals surface area (Å²) >= 11 is 0. The first kappa shape index (κ1) is 24.6. The average Bonchev–Trinajstić information content (AvgIpc) is 3.37. The van der Waals surface area contributed by atoms with E-state index in [1.165, 1.54) is 24.3 Å². The molecule has 2 aromatic carbocycles. The van der Waals surface area contributed by atoms with Gasteiger partial charge in [-0.3, -0.25) is 4.79 Å². The van der Waals surface area contributed by atoms with Crippen molar-refractivity contribution in [2.75, 3.05) is 13.2 Å². The Kier molecular flexibility index (Phi) is 7.20. The Morgan fingerprint density at radius 2 is 1.83 bits per heavy atom. The molecule has 0 radical (unpaired) electrons. The van der Waals surface area contributed by atoms with Crippen LogP contribution in [0.2, 0.25) is 0 Å². The van der Waals surface area contributed by atoms with Gasteiger partial charge >= 0.3 is 0 Å². The third-order valence-corrected chi connectivity index (χ3v) is 8.29. The first-order valence-electron chi connectivity index (χ1n) is 12.4. The lowest BCUT2D eigenvalue weighted by atomic mass is 10.2. The molecule has 0 unspecified atom stereocenters. The van der Waals surface area contributed by atoms with E-state index in [1.807, 2.05) is 18.2 Å². The molecule has 1 saturated heterocycles. The predicted molar refractivity (Wildman–Crippen MR) is 132 cm³/mol. The van der Waals surface area contributed by atoms with E-state index in [0.717, 1.165) is 25.7 Å². The number of carbonyl (C=O) groups excluding carboxylic acids is 1. The van der Waals surface area contributed by atoms with Crippen molar-refractivity contribution in [3.63, 3.8) is 0 Å². The van der Waals surface area contributed by atoms with Gasteiger partial charge in [0.05, 0.1) is 36.8 Å². The molecule has 36 heavy (non-hydrogen) atoms. The maximum Gasteiger partial charge on any atom is 0.254 e. The molecule has 3 aromatic rings.